The lowest BCUT2D eigenvalue weighted by atomic mass is 9.66. The fourth-order valence-electron chi connectivity index (χ4n) is 8.56. The summed E-state index contributed by atoms with van der Waals surface area (Å²) in [7, 11) is 0. The van der Waals surface area contributed by atoms with E-state index in [4.69, 9.17) is 30.7 Å². The van der Waals surface area contributed by atoms with E-state index in [1.165, 1.54) is 0 Å². The molecule has 236 valence electrons. The Labute approximate surface area is 250 Å². The quantitative estimate of drug-likeness (QED) is 0.107. The van der Waals surface area contributed by atoms with Crippen molar-refractivity contribution >= 4 is 24.0 Å². The van der Waals surface area contributed by atoms with Crippen molar-refractivity contribution in [2.24, 2.45) is 61.7 Å². The normalized spacial score (nSPS) is 44.5. The second-order valence-corrected chi connectivity index (χ2v) is 14.1. The monoisotopic (exact) mass is 611 g/mol. The summed E-state index contributed by atoms with van der Waals surface area (Å²) in [5.41, 5.74) is 6.24. The largest absolute Gasteiger partial charge is 0.481 e. The molecule has 12 unspecified atom stereocenters. The van der Waals surface area contributed by atoms with Gasteiger partial charge < -0.3 is 21.1 Å². The minimum absolute atomic E-state index is 0.00149. The number of carboxylic acid groups (broad SMARTS) is 2. The average Bonchev–Trinajstić information content (AvgIpc) is 2.99. The molecule has 6 N–H and O–H groups in total. The Morgan fingerprint density at radius 3 is 1.95 bits per heavy atom. The highest BCUT2D eigenvalue weighted by Gasteiger charge is 2.48. The van der Waals surface area contributed by atoms with Crippen LogP contribution in [-0.2, 0) is 19.0 Å². The van der Waals surface area contributed by atoms with Crippen LogP contribution in [0.2, 0.25) is 0 Å². The third kappa shape index (κ3) is 7.32. The maximum atomic E-state index is 11.6. The van der Waals surface area contributed by atoms with Gasteiger partial charge in [-0.25, -0.2) is 5.26 Å². The topological polar surface area (TPSA) is 209 Å². The molecule has 5 fully saturated rings. The molecule has 0 amide bonds. The highest BCUT2D eigenvalue weighted by atomic mass is 32.2. The molecule has 12 atom stereocenters. The second-order valence-electron chi connectivity index (χ2n) is 13.2. The zero-order valence-corrected chi connectivity index (χ0v) is 24.7. The summed E-state index contributed by atoms with van der Waals surface area (Å²) in [6, 6.07) is -0.816. The van der Waals surface area contributed by atoms with Gasteiger partial charge in [-0.15, -0.1) is 4.33 Å². The Balaban J connectivity index is 1.26. The average molecular weight is 612 g/mol. The third-order valence-corrected chi connectivity index (χ3v) is 11.6. The van der Waals surface area contributed by atoms with E-state index < -0.39 is 42.0 Å². The number of aliphatic hydroxyl groups is 1. The summed E-state index contributed by atoms with van der Waals surface area (Å²) < 4.78 is 4.81. The highest BCUT2D eigenvalue weighted by Crippen LogP contribution is 2.47. The first kappa shape index (κ1) is 31.7. The van der Waals surface area contributed by atoms with Crippen molar-refractivity contribution in [2.45, 2.75) is 125 Å². The number of azo groups is 2. The predicted molar refractivity (Wildman–Crippen MR) is 151 cm³/mol. The molecule has 14 heteroatoms. The van der Waals surface area contributed by atoms with E-state index in [9.17, 15) is 24.9 Å². The maximum absolute atomic E-state index is 11.6. The van der Waals surface area contributed by atoms with Crippen LogP contribution in [0.4, 0.5) is 0 Å². The molecule has 0 aromatic carbocycles. The number of carboxylic acids is 2. The van der Waals surface area contributed by atoms with E-state index >= 15 is 0 Å². The van der Waals surface area contributed by atoms with E-state index in [-0.39, 0.29) is 47.6 Å². The van der Waals surface area contributed by atoms with Crippen molar-refractivity contribution in [3.8, 4) is 0 Å². The van der Waals surface area contributed by atoms with Gasteiger partial charge in [-0.2, -0.15) is 20.5 Å². The van der Waals surface area contributed by atoms with Crippen molar-refractivity contribution in [3.05, 3.63) is 0 Å². The molecule has 0 heterocycles. The molecular formula is C28H45N5O8S. The summed E-state index contributed by atoms with van der Waals surface area (Å²) >= 11 is 0.981. The van der Waals surface area contributed by atoms with Crippen LogP contribution >= 0.6 is 12.0 Å². The van der Waals surface area contributed by atoms with Crippen LogP contribution in [0.5, 0.6) is 0 Å². The first-order valence-corrected chi connectivity index (χ1v) is 16.4. The Morgan fingerprint density at radius 1 is 0.738 bits per heavy atom. The van der Waals surface area contributed by atoms with Gasteiger partial charge in [0.2, 0.25) is 0 Å². The maximum Gasteiger partial charge on any atom is 0.306 e. The van der Waals surface area contributed by atoms with Gasteiger partial charge in [0, 0.05) is 18.1 Å². The van der Waals surface area contributed by atoms with Crippen LogP contribution in [0.3, 0.4) is 0 Å². The Bertz CT molecular complexity index is 981. The van der Waals surface area contributed by atoms with E-state index in [1.807, 2.05) is 0 Å². The zero-order valence-electron chi connectivity index (χ0n) is 23.9. The lowest BCUT2D eigenvalue weighted by Gasteiger charge is -2.46. The fourth-order valence-corrected chi connectivity index (χ4v) is 9.35. The van der Waals surface area contributed by atoms with Crippen molar-refractivity contribution in [3.63, 3.8) is 0 Å². The minimum atomic E-state index is -0.972. The second kappa shape index (κ2) is 14.4. The van der Waals surface area contributed by atoms with Gasteiger partial charge in [0.25, 0.3) is 0 Å². The molecule has 5 saturated carbocycles. The number of hydrogen-bond acceptors (Lipinski definition) is 12. The molecule has 5 aliphatic carbocycles. The molecule has 0 spiro atoms. The van der Waals surface area contributed by atoms with E-state index in [1.54, 1.807) is 0 Å². The summed E-state index contributed by atoms with van der Waals surface area (Å²) in [6.45, 7) is 0. The summed E-state index contributed by atoms with van der Waals surface area (Å²) in [5.74, 6) is -2.44. The molecule has 42 heavy (non-hydrogen) atoms. The van der Waals surface area contributed by atoms with Crippen molar-refractivity contribution < 1.29 is 39.5 Å². The lowest BCUT2D eigenvalue weighted by Crippen LogP contribution is -2.52. The van der Waals surface area contributed by atoms with Crippen LogP contribution in [0.25, 0.3) is 0 Å². The fraction of sp³-hybridized carbons (Fsp3) is 0.929. The smallest absolute Gasteiger partial charge is 0.306 e. The van der Waals surface area contributed by atoms with E-state index in [0.29, 0.717) is 18.8 Å². The molecule has 0 aromatic rings. The number of aliphatic hydroxyl groups excluding tert-OH is 1. The lowest BCUT2D eigenvalue weighted by molar-refractivity contribution is -0.432. The van der Waals surface area contributed by atoms with E-state index in [0.717, 1.165) is 76.3 Å². The van der Waals surface area contributed by atoms with Crippen LogP contribution < -0.4 is 5.73 Å². The molecule has 0 aliphatic heterocycles. The van der Waals surface area contributed by atoms with Gasteiger partial charge in [-0.05, 0) is 94.3 Å². The number of carbonyl (C=O) groups is 2. The van der Waals surface area contributed by atoms with Crippen molar-refractivity contribution in [1.82, 2.24) is 0 Å². The molecule has 0 bridgehead atoms. The molecule has 0 saturated heterocycles. The van der Waals surface area contributed by atoms with Crippen LogP contribution in [0, 0.1) is 35.5 Å². The SMILES string of the molecule is NC1CCC2CC(SOOO)C(N=NC3CCC(N=NC4CC(C(=O)O)CC(C(=O)O)C4)C4CCCCC34)C(O)C2C1. The Kier molecular flexibility index (Phi) is 10.9. The number of fused-ring (bicyclic) bond motifs is 2. The number of rotatable bonds is 9. The van der Waals surface area contributed by atoms with Crippen LogP contribution in [0.15, 0.2) is 20.5 Å². The number of hydrogen-bond donors (Lipinski definition) is 5. The Morgan fingerprint density at radius 2 is 1.36 bits per heavy atom. The predicted octanol–water partition coefficient (Wildman–Crippen LogP) is 4.50. The highest BCUT2D eigenvalue weighted by molar-refractivity contribution is 7.95. The minimum Gasteiger partial charge on any atom is -0.481 e. The van der Waals surface area contributed by atoms with E-state index in [2.05, 4.69) is 10.2 Å². The first-order valence-electron chi connectivity index (χ1n) is 15.6. The summed E-state index contributed by atoms with van der Waals surface area (Å²) in [6.07, 6.45) is 9.27. The third-order valence-electron chi connectivity index (χ3n) is 10.7. The molecule has 5 aliphatic rings. The van der Waals surface area contributed by atoms with Crippen molar-refractivity contribution in [2.75, 3.05) is 0 Å². The molecule has 0 aromatic heterocycles. The first-order chi connectivity index (χ1) is 20.2. The van der Waals surface area contributed by atoms with Gasteiger partial charge in [-0.3, -0.25) is 9.59 Å². The molecule has 5 rings (SSSR count). The molecule has 0 radical (unpaired) electrons. The molecular weight excluding hydrogens is 566 g/mol. The van der Waals surface area contributed by atoms with Gasteiger partial charge >= 0.3 is 11.9 Å². The summed E-state index contributed by atoms with van der Waals surface area (Å²) in [4.78, 5) is 23.2. The zero-order chi connectivity index (χ0) is 29.8. The Hall–Kier alpha value is -1.71. The van der Waals surface area contributed by atoms with Crippen LogP contribution in [0.1, 0.15) is 83.5 Å². The van der Waals surface area contributed by atoms with Crippen LogP contribution in [-0.4, -0.2) is 74.1 Å². The number of aliphatic carboxylic acids is 2. The molecule has 13 nitrogen and oxygen atoms in total. The van der Waals surface area contributed by atoms with Crippen molar-refractivity contribution in [1.29, 1.82) is 0 Å². The summed E-state index contributed by atoms with van der Waals surface area (Å²) in [5, 5.41) is 61.7. The number of nitrogens with two attached hydrogens (primary N) is 1. The van der Waals surface area contributed by atoms with Gasteiger partial charge in [0.1, 0.15) is 6.04 Å². The van der Waals surface area contributed by atoms with Gasteiger partial charge in [-0.1, -0.05) is 17.9 Å². The standard InChI is InChI=1S/C28H45N5O8S/c29-17-6-5-14-12-24(42-41-40-39)25(26(34)21(14)13-17)33-32-23-8-7-22(19-3-1-2-4-20(19)23)31-30-18-10-15(27(35)36)9-16(11-18)28(37)38/h14-26,34,39H,1-13,29H2,(H,35,36)(H,37,38). The number of nitrogens with zero attached hydrogens (tertiary/aromatic N) is 4. The van der Waals surface area contributed by atoms with Gasteiger partial charge in [0.05, 0.1) is 41.3 Å². The van der Waals surface area contributed by atoms with Gasteiger partial charge in [0.15, 0.2) is 0 Å².